The van der Waals surface area contributed by atoms with Crippen LogP contribution >= 0.6 is 0 Å². The van der Waals surface area contributed by atoms with Gasteiger partial charge in [0.05, 0.1) is 11.3 Å². The Bertz CT molecular complexity index is 535. The lowest BCUT2D eigenvalue weighted by molar-refractivity contribution is 0.300. The summed E-state index contributed by atoms with van der Waals surface area (Å²) in [5.41, 5.74) is 0.836. The molecule has 2 rings (SSSR count). The molecule has 0 amide bonds. The van der Waals surface area contributed by atoms with Gasteiger partial charge in [0.2, 0.25) is 10.0 Å². The fourth-order valence-corrected chi connectivity index (χ4v) is 4.32. The zero-order chi connectivity index (χ0) is 14.2. The third-order valence-corrected chi connectivity index (χ3v) is 5.93. The lowest BCUT2D eigenvalue weighted by Crippen LogP contribution is -2.36. The van der Waals surface area contributed by atoms with Gasteiger partial charge < -0.3 is 0 Å². The van der Waals surface area contributed by atoms with Gasteiger partial charge in [-0.05, 0) is 36.5 Å². The molecular weight excluding hydrogens is 265 g/mol. The number of benzene rings is 1. The Morgan fingerprint density at radius 1 is 1.21 bits per heavy atom. The number of sulfonamides is 1. The Labute approximate surface area is 114 Å². The van der Waals surface area contributed by atoms with Crippen molar-refractivity contribution in [2.45, 2.75) is 38.0 Å². The van der Waals surface area contributed by atoms with Crippen LogP contribution in [0.4, 0.5) is 4.39 Å². The molecule has 1 aliphatic carbocycles. The molecule has 0 unspecified atom stereocenters. The van der Waals surface area contributed by atoms with Gasteiger partial charge in [0.15, 0.2) is 0 Å². The van der Waals surface area contributed by atoms with Crippen LogP contribution in [-0.2, 0) is 10.0 Å². The number of hydrogen-bond acceptors (Lipinski definition) is 2. The molecule has 0 heterocycles. The maximum Gasteiger partial charge on any atom is 0.217 e. The normalized spacial score (nSPS) is 18.0. The van der Waals surface area contributed by atoms with Gasteiger partial charge in [-0.2, -0.15) is 4.31 Å². The van der Waals surface area contributed by atoms with Crippen molar-refractivity contribution >= 4 is 10.0 Å². The number of halogens is 1. The van der Waals surface area contributed by atoms with E-state index in [1.807, 2.05) is 13.8 Å². The molecule has 3 nitrogen and oxygen atoms in total. The van der Waals surface area contributed by atoms with Crippen LogP contribution in [-0.4, -0.2) is 25.0 Å². The van der Waals surface area contributed by atoms with E-state index in [9.17, 15) is 12.8 Å². The fourth-order valence-electron chi connectivity index (χ4n) is 2.43. The van der Waals surface area contributed by atoms with Crippen LogP contribution in [0.2, 0.25) is 0 Å². The molecule has 5 heteroatoms. The van der Waals surface area contributed by atoms with Crippen LogP contribution in [0.3, 0.4) is 0 Å². The van der Waals surface area contributed by atoms with Gasteiger partial charge in [0, 0.05) is 7.05 Å². The zero-order valence-corrected chi connectivity index (χ0v) is 12.3. The van der Waals surface area contributed by atoms with Gasteiger partial charge in [-0.3, -0.25) is 0 Å². The topological polar surface area (TPSA) is 37.4 Å². The molecule has 106 valence electrons. The molecular formula is C14H20FNO2S. The third-order valence-electron chi connectivity index (χ3n) is 3.58. The highest BCUT2D eigenvalue weighted by molar-refractivity contribution is 7.90. The van der Waals surface area contributed by atoms with E-state index >= 15 is 0 Å². The van der Waals surface area contributed by atoms with Gasteiger partial charge in [0.25, 0.3) is 0 Å². The summed E-state index contributed by atoms with van der Waals surface area (Å²) in [6.45, 7) is 3.96. The third kappa shape index (κ3) is 2.98. The molecule has 0 aliphatic heterocycles. The monoisotopic (exact) mass is 285 g/mol. The SMILES string of the molecule is CC(C)[C@@H](c1ccc(F)cc1)N(C)S(=O)(=O)C1CC1. The van der Waals surface area contributed by atoms with E-state index in [0.29, 0.717) is 0 Å². The highest BCUT2D eigenvalue weighted by Gasteiger charge is 2.41. The highest BCUT2D eigenvalue weighted by atomic mass is 32.2. The summed E-state index contributed by atoms with van der Waals surface area (Å²) in [5.74, 6) is -0.178. The molecule has 0 saturated heterocycles. The average molecular weight is 285 g/mol. The summed E-state index contributed by atoms with van der Waals surface area (Å²) in [4.78, 5) is 0. The van der Waals surface area contributed by atoms with E-state index in [-0.39, 0.29) is 23.0 Å². The Hall–Kier alpha value is -0.940. The number of nitrogens with zero attached hydrogens (tertiary/aromatic N) is 1. The molecule has 0 bridgehead atoms. The molecule has 19 heavy (non-hydrogen) atoms. The lowest BCUT2D eigenvalue weighted by atomic mass is 9.96. The van der Waals surface area contributed by atoms with Crippen molar-refractivity contribution in [2.75, 3.05) is 7.05 Å². The summed E-state index contributed by atoms with van der Waals surface area (Å²) >= 11 is 0. The van der Waals surface area contributed by atoms with Crippen molar-refractivity contribution in [1.29, 1.82) is 0 Å². The van der Waals surface area contributed by atoms with Crippen LogP contribution < -0.4 is 0 Å². The van der Waals surface area contributed by atoms with E-state index in [0.717, 1.165) is 18.4 Å². The number of rotatable bonds is 5. The van der Waals surface area contributed by atoms with Crippen LogP contribution in [0.15, 0.2) is 24.3 Å². The minimum Gasteiger partial charge on any atom is -0.212 e. The van der Waals surface area contributed by atoms with Crippen molar-refractivity contribution in [3.05, 3.63) is 35.6 Å². The second-order valence-corrected chi connectivity index (χ2v) is 7.77. The van der Waals surface area contributed by atoms with E-state index in [1.165, 1.54) is 16.4 Å². The fraction of sp³-hybridized carbons (Fsp3) is 0.571. The molecule has 0 aromatic heterocycles. The first-order valence-electron chi connectivity index (χ1n) is 6.56. The second kappa shape index (κ2) is 5.21. The van der Waals surface area contributed by atoms with Gasteiger partial charge in [-0.15, -0.1) is 0 Å². The maximum absolute atomic E-state index is 13.0. The van der Waals surface area contributed by atoms with E-state index in [2.05, 4.69) is 0 Å². The first-order chi connectivity index (χ1) is 8.84. The van der Waals surface area contributed by atoms with Crippen LogP contribution in [0.25, 0.3) is 0 Å². The minimum absolute atomic E-state index is 0.129. The highest BCUT2D eigenvalue weighted by Crippen LogP contribution is 2.37. The number of hydrogen-bond donors (Lipinski definition) is 0. The summed E-state index contributed by atoms with van der Waals surface area (Å²) in [5, 5.41) is -0.223. The average Bonchev–Trinajstić information content (AvgIpc) is 3.15. The molecule has 0 N–H and O–H groups in total. The van der Waals surface area contributed by atoms with Gasteiger partial charge >= 0.3 is 0 Å². The molecule has 0 radical (unpaired) electrons. The maximum atomic E-state index is 13.0. The summed E-state index contributed by atoms with van der Waals surface area (Å²) in [6, 6.07) is 5.84. The standard InChI is InChI=1S/C14H20FNO2S/c1-10(2)14(11-4-6-12(15)7-5-11)16(3)19(17,18)13-8-9-13/h4-7,10,13-14H,8-9H2,1-3H3/t14-/m0/s1. The Morgan fingerprint density at radius 2 is 1.74 bits per heavy atom. The molecule has 1 aromatic carbocycles. The molecule has 1 fully saturated rings. The molecule has 1 aromatic rings. The van der Waals surface area contributed by atoms with Crippen molar-refractivity contribution in [2.24, 2.45) is 5.92 Å². The quantitative estimate of drug-likeness (QED) is 0.834. The van der Waals surface area contributed by atoms with Gasteiger partial charge in [-0.25, -0.2) is 12.8 Å². The van der Waals surface area contributed by atoms with E-state index < -0.39 is 10.0 Å². The van der Waals surface area contributed by atoms with Crippen molar-refractivity contribution < 1.29 is 12.8 Å². The smallest absolute Gasteiger partial charge is 0.212 e. The van der Waals surface area contributed by atoms with Crippen LogP contribution in [0, 0.1) is 11.7 Å². The van der Waals surface area contributed by atoms with Crippen molar-refractivity contribution in [1.82, 2.24) is 4.31 Å². The van der Waals surface area contributed by atoms with Crippen LogP contribution in [0.1, 0.15) is 38.3 Å². The lowest BCUT2D eigenvalue weighted by Gasteiger charge is -2.31. The van der Waals surface area contributed by atoms with E-state index in [4.69, 9.17) is 0 Å². The molecule has 1 aliphatic rings. The zero-order valence-electron chi connectivity index (χ0n) is 11.5. The predicted molar refractivity (Wildman–Crippen MR) is 73.7 cm³/mol. The summed E-state index contributed by atoms with van der Waals surface area (Å²) in [7, 11) is -1.60. The van der Waals surface area contributed by atoms with E-state index in [1.54, 1.807) is 19.2 Å². The van der Waals surface area contributed by atoms with Gasteiger partial charge in [0.1, 0.15) is 5.82 Å². The second-order valence-electron chi connectivity index (χ2n) is 5.50. The Morgan fingerprint density at radius 3 is 2.16 bits per heavy atom. The van der Waals surface area contributed by atoms with Crippen molar-refractivity contribution in [3.63, 3.8) is 0 Å². The first kappa shape index (κ1) is 14.5. The molecule has 0 spiro atoms. The Balaban J connectivity index is 2.32. The summed E-state index contributed by atoms with van der Waals surface area (Å²) in [6.07, 6.45) is 1.50. The van der Waals surface area contributed by atoms with Crippen molar-refractivity contribution in [3.8, 4) is 0 Å². The predicted octanol–water partition coefficient (Wildman–Crippen LogP) is 2.95. The van der Waals surface area contributed by atoms with Crippen LogP contribution in [0.5, 0.6) is 0 Å². The Kier molecular flexibility index (Phi) is 3.97. The minimum atomic E-state index is -3.23. The summed E-state index contributed by atoms with van der Waals surface area (Å²) < 4.78 is 39.1. The largest absolute Gasteiger partial charge is 0.217 e. The molecule has 1 atom stereocenters. The van der Waals surface area contributed by atoms with Gasteiger partial charge in [-0.1, -0.05) is 26.0 Å². The first-order valence-corrected chi connectivity index (χ1v) is 8.06. The molecule has 1 saturated carbocycles.